The minimum atomic E-state index is -0.652. The lowest BCUT2D eigenvalue weighted by molar-refractivity contribution is -0.127. The Morgan fingerprint density at radius 2 is 1.81 bits per heavy atom. The second kappa shape index (κ2) is 8.61. The van der Waals surface area contributed by atoms with Crippen LogP contribution >= 0.6 is 0 Å². The number of rotatable bonds is 6. The molecule has 0 bridgehead atoms. The first-order valence-electron chi connectivity index (χ1n) is 10.6. The van der Waals surface area contributed by atoms with E-state index in [2.05, 4.69) is 5.32 Å². The molecule has 0 radical (unpaired) electrons. The Morgan fingerprint density at radius 1 is 1.06 bits per heavy atom. The molecule has 1 saturated heterocycles. The molecule has 1 unspecified atom stereocenters. The van der Waals surface area contributed by atoms with Gasteiger partial charge in [0.2, 0.25) is 11.8 Å². The van der Waals surface area contributed by atoms with Crippen molar-refractivity contribution in [3.63, 3.8) is 0 Å². The molecule has 2 amide bonds. The Kier molecular flexibility index (Phi) is 5.86. The van der Waals surface area contributed by atoms with E-state index >= 15 is 0 Å². The van der Waals surface area contributed by atoms with Gasteiger partial charge in [0, 0.05) is 19.0 Å². The summed E-state index contributed by atoms with van der Waals surface area (Å²) in [7, 11) is 3.11. The van der Waals surface area contributed by atoms with Crippen LogP contribution in [0.2, 0.25) is 0 Å². The van der Waals surface area contributed by atoms with Gasteiger partial charge in [-0.3, -0.25) is 9.59 Å². The number of ether oxygens (including phenoxy) is 4. The zero-order valence-electron chi connectivity index (χ0n) is 18.8. The Hall–Kier alpha value is -3.42. The van der Waals surface area contributed by atoms with E-state index < -0.39 is 11.5 Å². The van der Waals surface area contributed by atoms with Crippen molar-refractivity contribution in [3.8, 4) is 23.0 Å². The van der Waals surface area contributed by atoms with Gasteiger partial charge >= 0.3 is 0 Å². The zero-order valence-corrected chi connectivity index (χ0v) is 18.8. The van der Waals surface area contributed by atoms with Crippen LogP contribution in [0.25, 0.3) is 0 Å². The van der Waals surface area contributed by atoms with Gasteiger partial charge in [0.25, 0.3) is 0 Å². The van der Waals surface area contributed by atoms with Crippen LogP contribution in [0.15, 0.2) is 36.4 Å². The van der Waals surface area contributed by atoms with E-state index in [0.29, 0.717) is 41.9 Å². The summed E-state index contributed by atoms with van der Waals surface area (Å²) in [4.78, 5) is 27.4. The molecule has 2 aliphatic heterocycles. The first-order valence-corrected chi connectivity index (χ1v) is 10.6. The average Bonchev–Trinajstić information content (AvgIpc) is 3.19. The third kappa shape index (κ3) is 4.17. The Balaban J connectivity index is 1.48. The van der Waals surface area contributed by atoms with Gasteiger partial charge < -0.3 is 29.2 Å². The Morgan fingerprint density at radius 3 is 2.53 bits per heavy atom. The Bertz CT molecular complexity index is 1040. The lowest BCUT2D eigenvalue weighted by atomic mass is 9.92. The summed E-state index contributed by atoms with van der Waals surface area (Å²) in [5.41, 5.74) is 0.870. The number of carbonyl (C=O) groups excluding carboxylic acids is 2. The number of hydrogen-bond acceptors (Lipinski definition) is 6. The molecule has 2 aromatic rings. The second-order valence-corrected chi connectivity index (χ2v) is 8.42. The normalized spacial score (nSPS) is 17.8. The van der Waals surface area contributed by atoms with Gasteiger partial charge in [-0.15, -0.1) is 0 Å². The van der Waals surface area contributed by atoms with Gasteiger partial charge in [-0.25, -0.2) is 0 Å². The molecular weight excluding hydrogens is 412 g/mol. The van der Waals surface area contributed by atoms with Crippen molar-refractivity contribution in [2.45, 2.75) is 25.8 Å². The van der Waals surface area contributed by atoms with E-state index in [9.17, 15) is 9.59 Å². The predicted octanol–water partition coefficient (Wildman–Crippen LogP) is 2.88. The van der Waals surface area contributed by atoms with E-state index in [1.54, 1.807) is 37.3 Å². The van der Waals surface area contributed by atoms with E-state index in [0.717, 1.165) is 5.56 Å². The van der Waals surface area contributed by atoms with Crippen molar-refractivity contribution in [3.05, 3.63) is 42.0 Å². The van der Waals surface area contributed by atoms with Crippen LogP contribution in [0.5, 0.6) is 23.0 Å². The minimum Gasteiger partial charge on any atom is -0.497 e. The molecule has 0 aliphatic carbocycles. The fourth-order valence-electron chi connectivity index (χ4n) is 4.04. The molecule has 0 saturated carbocycles. The number of fused-ring (bicyclic) bond motifs is 1. The summed E-state index contributed by atoms with van der Waals surface area (Å²) in [6.07, 6.45) is 0.137. The number of methoxy groups -OCH3 is 2. The SMILES string of the molecule is COc1ccc(N2CC(C(=O)NC(C)(C)c3ccc4c(c3)OCCO4)CC2=O)c(OC)c1. The molecule has 0 spiro atoms. The van der Waals surface area contributed by atoms with Crippen molar-refractivity contribution in [2.24, 2.45) is 5.92 Å². The van der Waals surface area contributed by atoms with Gasteiger partial charge in [0.05, 0.1) is 31.4 Å². The molecule has 8 nitrogen and oxygen atoms in total. The highest BCUT2D eigenvalue weighted by molar-refractivity contribution is 6.01. The highest BCUT2D eigenvalue weighted by Crippen LogP contribution is 2.37. The van der Waals surface area contributed by atoms with Crippen molar-refractivity contribution < 1.29 is 28.5 Å². The summed E-state index contributed by atoms with van der Waals surface area (Å²) in [6.45, 7) is 5.16. The molecule has 1 N–H and O–H groups in total. The van der Waals surface area contributed by atoms with E-state index in [-0.39, 0.29) is 24.8 Å². The maximum absolute atomic E-state index is 13.1. The predicted molar refractivity (Wildman–Crippen MR) is 119 cm³/mol. The molecule has 1 fully saturated rings. The molecule has 8 heteroatoms. The number of anilines is 1. The molecule has 1 atom stereocenters. The van der Waals surface area contributed by atoms with Crippen LogP contribution in [-0.2, 0) is 15.1 Å². The molecular formula is C24H28N2O6. The first-order chi connectivity index (χ1) is 15.3. The summed E-state index contributed by atoms with van der Waals surface area (Å²) in [6, 6.07) is 10.9. The lowest BCUT2D eigenvalue weighted by Crippen LogP contribution is -2.44. The highest BCUT2D eigenvalue weighted by Gasteiger charge is 2.38. The lowest BCUT2D eigenvalue weighted by Gasteiger charge is -2.30. The van der Waals surface area contributed by atoms with Crippen LogP contribution in [0.1, 0.15) is 25.8 Å². The highest BCUT2D eigenvalue weighted by atomic mass is 16.6. The summed E-state index contributed by atoms with van der Waals surface area (Å²) in [5, 5.41) is 3.10. The maximum Gasteiger partial charge on any atom is 0.227 e. The van der Waals surface area contributed by atoms with Crippen LogP contribution in [-0.4, -0.2) is 45.8 Å². The minimum absolute atomic E-state index is 0.120. The molecule has 4 rings (SSSR count). The van der Waals surface area contributed by atoms with E-state index in [1.165, 1.54) is 0 Å². The zero-order chi connectivity index (χ0) is 22.9. The topological polar surface area (TPSA) is 86.3 Å². The molecule has 170 valence electrons. The standard InChI is InChI=1S/C24H28N2O6/c1-24(2,16-5-8-19-21(12-16)32-10-9-31-19)25-23(28)15-11-22(27)26(14-15)18-7-6-17(29-3)13-20(18)30-4/h5-8,12-13,15H,9-11,14H2,1-4H3,(H,25,28). The monoisotopic (exact) mass is 440 g/mol. The van der Waals surface area contributed by atoms with Gasteiger partial charge in [0.15, 0.2) is 11.5 Å². The van der Waals surface area contributed by atoms with E-state index in [1.807, 2.05) is 32.0 Å². The number of benzene rings is 2. The van der Waals surface area contributed by atoms with Crippen LogP contribution in [0.4, 0.5) is 5.69 Å². The number of nitrogens with one attached hydrogen (secondary N) is 1. The third-order valence-corrected chi connectivity index (χ3v) is 5.87. The first kappa shape index (κ1) is 21.8. The fourth-order valence-corrected chi connectivity index (χ4v) is 4.04. The maximum atomic E-state index is 13.1. The molecule has 2 aliphatic rings. The van der Waals surface area contributed by atoms with Crippen molar-refractivity contribution >= 4 is 17.5 Å². The van der Waals surface area contributed by atoms with Gasteiger partial charge in [-0.05, 0) is 43.7 Å². The smallest absolute Gasteiger partial charge is 0.227 e. The summed E-state index contributed by atoms with van der Waals surface area (Å²) < 4.78 is 21.9. The average molecular weight is 440 g/mol. The van der Waals surface area contributed by atoms with Crippen molar-refractivity contribution in [1.82, 2.24) is 5.32 Å². The fraction of sp³-hybridized carbons (Fsp3) is 0.417. The van der Waals surface area contributed by atoms with Gasteiger partial charge in [-0.1, -0.05) is 6.07 Å². The quantitative estimate of drug-likeness (QED) is 0.744. The second-order valence-electron chi connectivity index (χ2n) is 8.42. The van der Waals surface area contributed by atoms with Crippen molar-refractivity contribution in [1.29, 1.82) is 0 Å². The van der Waals surface area contributed by atoms with Crippen LogP contribution in [0.3, 0.4) is 0 Å². The van der Waals surface area contributed by atoms with E-state index in [4.69, 9.17) is 18.9 Å². The number of carbonyl (C=O) groups is 2. The molecule has 32 heavy (non-hydrogen) atoms. The number of amides is 2. The number of hydrogen-bond donors (Lipinski definition) is 1. The third-order valence-electron chi connectivity index (χ3n) is 5.87. The number of nitrogens with zero attached hydrogens (tertiary/aromatic N) is 1. The summed E-state index contributed by atoms with van der Waals surface area (Å²) >= 11 is 0. The Labute approximate surface area is 187 Å². The van der Waals surface area contributed by atoms with Crippen LogP contribution < -0.4 is 29.2 Å². The van der Waals surface area contributed by atoms with Crippen LogP contribution in [0, 0.1) is 5.92 Å². The van der Waals surface area contributed by atoms with Gasteiger partial charge in [0.1, 0.15) is 24.7 Å². The summed E-state index contributed by atoms with van der Waals surface area (Å²) in [5.74, 6) is 1.77. The molecule has 2 heterocycles. The molecule has 2 aromatic carbocycles. The largest absolute Gasteiger partial charge is 0.497 e. The van der Waals surface area contributed by atoms with Crippen molar-refractivity contribution in [2.75, 3.05) is 38.9 Å². The van der Waals surface area contributed by atoms with Gasteiger partial charge in [-0.2, -0.15) is 0 Å². The molecule has 0 aromatic heterocycles.